The van der Waals surface area contributed by atoms with Crippen LogP contribution in [0.1, 0.15) is 32.1 Å². The van der Waals surface area contributed by atoms with Crippen molar-refractivity contribution in [3.05, 3.63) is 17.9 Å². The summed E-state index contributed by atoms with van der Waals surface area (Å²) in [5.74, 6) is 0.293. The van der Waals surface area contributed by atoms with Crippen LogP contribution in [0.4, 0.5) is 0 Å². The lowest BCUT2D eigenvalue weighted by Gasteiger charge is -2.16. The molecule has 0 amide bonds. The topological polar surface area (TPSA) is 26.3 Å². The summed E-state index contributed by atoms with van der Waals surface area (Å²) >= 11 is 0. The van der Waals surface area contributed by atoms with Gasteiger partial charge in [0.15, 0.2) is 0 Å². The summed E-state index contributed by atoms with van der Waals surface area (Å²) in [6.07, 6.45) is 9.79. The molecule has 0 bridgehead atoms. The zero-order valence-corrected chi connectivity index (χ0v) is 8.08. The van der Waals surface area contributed by atoms with Gasteiger partial charge in [-0.05, 0) is 24.8 Å². The summed E-state index contributed by atoms with van der Waals surface area (Å²) < 4.78 is 4.46. The largest absolute Gasteiger partial charge is 0.465 e. The Morgan fingerprint density at radius 1 is 1.38 bits per heavy atom. The Balaban J connectivity index is 2.36. The molecule has 1 rings (SSSR count). The normalized spacial score (nSPS) is 17.3. The third-order valence-electron chi connectivity index (χ3n) is 2.38. The van der Waals surface area contributed by atoms with E-state index in [-0.39, 0.29) is 5.97 Å². The Morgan fingerprint density at radius 2 is 2.08 bits per heavy atom. The number of carbonyl (C=O) groups excluding carboxylic acids is 1. The van der Waals surface area contributed by atoms with Crippen molar-refractivity contribution < 1.29 is 9.53 Å². The van der Waals surface area contributed by atoms with Gasteiger partial charge in [0.1, 0.15) is 0 Å². The van der Waals surface area contributed by atoms with Crippen LogP contribution < -0.4 is 0 Å². The molecule has 0 aromatic rings. The van der Waals surface area contributed by atoms with Gasteiger partial charge in [-0.25, -0.2) is 4.79 Å². The van der Waals surface area contributed by atoms with Crippen molar-refractivity contribution in [2.24, 2.45) is 5.92 Å². The Labute approximate surface area is 79.3 Å². The van der Waals surface area contributed by atoms with Crippen LogP contribution in [0, 0.1) is 5.92 Å². The highest BCUT2D eigenvalue weighted by Gasteiger charge is 2.09. The SMILES string of the molecule is COC(=O)C=C=CC1CCCCC1. The average molecular weight is 180 g/mol. The Morgan fingerprint density at radius 3 is 2.69 bits per heavy atom. The highest BCUT2D eigenvalue weighted by molar-refractivity contribution is 5.81. The van der Waals surface area contributed by atoms with Gasteiger partial charge in [-0.3, -0.25) is 0 Å². The maximum atomic E-state index is 10.7. The molecular formula is C11H16O2. The molecule has 0 heterocycles. The monoisotopic (exact) mass is 180 g/mol. The molecule has 1 aliphatic carbocycles. The number of hydrogen-bond acceptors (Lipinski definition) is 2. The minimum Gasteiger partial charge on any atom is -0.465 e. The molecule has 13 heavy (non-hydrogen) atoms. The lowest BCUT2D eigenvalue weighted by atomic mass is 9.89. The third-order valence-corrected chi connectivity index (χ3v) is 2.38. The van der Waals surface area contributed by atoms with Gasteiger partial charge in [0.2, 0.25) is 0 Å². The van der Waals surface area contributed by atoms with E-state index >= 15 is 0 Å². The fourth-order valence-electron chi connectivity index (χ4n) is 1.61. The zero-order chi connectivity index (χ0) is 9.52. The molecule has 2 nitrogen and oxygen atoms in total. The first kappa shape index (κ1) is 10.1. The number of methoxy groups -OCH3 is 1. The van der Waals surface area contributed by atoms with Crippen LogP contribution in [0.2, 0.25) is 0 Å². The van der Waals surface area contributed by atoms with E-state index in [1.54, 1.807) is 0 Å². The van der Waals surface area contributed by atoms with Crippen LogP contribution in [0.3, 0.4) is 0 Å². The van der Waals surface area contributed by atoms with Crippen molar-refractivity contribution in [1.29, 1.82) is 0 Å². The van der Waals surface area contributed by atoms with E-state index in [4.69, 9.17) is 0 Å². The van der Waals surface area contributed by atoms with Gasteiger partial charge in [0.25, 0.3) is 0 Å². The van der Waals surface area contributed by atoms with E-state index in [0.29, 0.717) is 5.92 Å². The molecule has 0 spiro atoms. The molecule has 1 aliphatic rings. The van der Waals surface area contributed by atoms with Crippen LogP contribution in [0.5, 0.6) is 0 Å². The molecule has 0 radical (unpaired) electrons. The molecule has 72 valence electrons. The van der Waals surface area contributed by atoms with E-state index in [0.717, 1.165) is 0 Å². The molecule has 0 aromatic heterocycles. The summed E-state index contributed by atoms with van der Waals surface area (Å²) in [7, 11) is 1.38. The first-order valence-corrected chi connectivity index (χ1v) is 4.83. The van der Waals surface area contributed by atoms with Crippen LogP contribution in [-0.4, -0.2) is 13.1 Å². The van der Waals surface area contributed by atoms with Crippen LogP contribution in [0.25, 0.3) is 0 Å². The van der Waals surface area contributed by atoms with Crippen LogP contribution in [-0.2, 0) is 9.53 Å². The summed E-state index contributed by atoms with van der Waals surface area (Å²) in [6, 6.07) is 0. The summed E-state index contributed by atoms with van der Waals surface area (Å²) in [5, 5.41) is 0. The second-order valence-electron chi connectivity index (χ2n) is 3.40. The van der Waals surface area contributed by atoms with E-state index < -0.39 is 0 Å². The minimum atomic E-state index is -0.327. The molecule has 1 saturated carbocycles. The average Bonchev–Trinajstić information content (AvgIpc) is 2.19. The standard InChI is InChI=1S/C11H16O2/c1-13-11(12)9-5-8-10-6-3-2-4-7-10/h8-10H,2-4,6-7H2,1H3. The van der Waals surface area contributed by atoms with Crippen molar-refractivity contribution in [2.45, 2.75) is 32.1 Å². The number of esters is 1. The molecule has 1 fully saturated rings. The highest BCUT2D eigenvalue weighted by atomic mass is 16.5. The molecule has 0 aromatic carbocycles. The molecule has 2 heteroatoms. The number of hydrogen-bond donors (Lipinski definition) is 0. The lowest BCUT2D eigenvalue weighted by molar-refractivity contribution is -0.134. The van der Waals surface area contributed by atoms with Gasteiger partial charge in [0, 0.05) is 0 Å². The first-order valence-electron chi connectivity index (χ1n) is 4.83. The van der Waals surface area contributed by atoms with Crippen molar-refractivity contribution in [3.63, 3.8) is 0 Å². The quantitative estimate of drug-likeness (QED) is 0.370. The van der Waals surface area contributed by atoms with Gasteiger partial charge in [-0.2, -0.15) is 0 Å². The minimum absolute atomic E-state index is 0.327. The van der Waals surface area contributed by atoms with Crippen molar-refractivity contribution in [3.8, 4) is 0 Å². The van der Waals surface area contributed by atoms with Crippen LogP contribution >= 0.6 is 0 Å². The first-order chi connectivity index (χ1) is 6.33. The van der Waals surface area contributed by atoms with Gasteiger partial charge < -0.3 is 4.74 Å². The van der Waals surface area contributed by atoms with Gasteiger partial charge in [-0.15, -0.1) is 5.73 Å². The molecule has 0 saturated heterocycles. The molecule has 0 atom stereocenters. The summed E-state index contributed by atoms with van der Waals surface area (Å²) in [6.45, 7) is 0. The maximum absolute atomic E-state index is 10.7. The maximum Gasteiger partial charge on any atom is 0.338 e. The van der Waals surface area contributed by atoms with E-state index in [1.165, 1.54) is 45.3 Å². The number of carbonyl (C=O) groups is 1. The zero-order valence-electron chi connectivity index (χ0n) is 8.08. The second-order valence-corrected chi connectivity index (χ2v) is 3.40. The smallest absolute Gasteiger partial charge is 0.338 e. The Bertz CT molecular complexity index is 218. The van der Waals surface area contributed by atoms with E-state index in [1.807, 2.05) is 6.08 Å². The number of rotatable bonds is 2. The number of ether oxygens (including phenoxy) is 1. The van der Waals surface area contributed by atoms with E-state index in [2.05, 4.69) is 10.5 Å². The predicted octanol–water partition coefficient (Wildman–Crippen LogP) is 2.45. The summed E-state index contributed by atoms with van der Waals surface area (Å²) in [4.78, 5) is 10.7. The molecule has 0 aliphatic heterocycles. The predicted molar refractivity (Wildman–Crippen MR) is 51.2 cm³/mol. The summed E-state index contributed by atoms with van der Waals surface area (Å²) in [5.41, 5.74) is 2.88. The second kappa shape index (κ2) is 5.60. The van der Waals surface area contributed by atoms with Crippen molar-refractivity contribution in [1.82, 2.24) is 0 Å². The third kappa shape index (κ3) is 3.95. The fourth-order valence-corrected chi connectivity index (χ4v) is 1.61. The molecule has 0 N–H and O–H groups in total. The van der Waals surface area contributed by atoms with E-state index in [9.17, 15) is 4.79 Å². The van der Waals surface area contributed by atoms with Crippen molar-refractivity contribution >= 4 is 5.97 Å². The Kier molecular flexibility index (Phi) is 4.34. The Hall–Kier alpha value is -1.01. The fraction of sp³-hybridized carbons (Fsp3) is 0.636. The molecular weight excluding hydrogens is 164 g/mol. The van der Waals surface area contributed by atoms with Gasteiger partial charge in [0.05, 0.1) is 13.2 Å². The highest BCUT2D eigenvalue weighted by Crippen LogP contribution is 2.23. The van der Waals surface area contributed by atoms with Crippen LogP contribution in [0.15, 0.2) is 17.9 Å². The van der Waals surface area contributed by atoms with Gasteiger partial charge >= 0.3 is 5.97 Å². The van der Waals surface area contributed by atoms with Crippen molar-refractivity contribution in [2.75, 3.05) is 7.11 Å². The van der Waals surface area contributed by atoms with Gasteiger partial charge in [-0.1, -0.05) is 19.3 Å². The molecule has 0 unspecified atom stereocenters. The lowest BCUT2D eigenvalue weighted by Crippen LogP contribution is -2.02.